The van der Waals surface area contributed by atoms with Gasteiger partial charge in [-0.2, -0.15) is 0 Å². The second kappa shape index (κ2) is 3.54. The molecule has 0 bridgehead atoms. The van der Waals surface area contributed by atoms with Gasteiger partial charge >= 0.3 is 5.97 Å². The summed E-state index contributed by atoms with van der Waals surface area (Å²) in [6.45, 7) is 1.86. The lowest BCUT2D eigenvalue weighted by Crippen LogP contribution is -1.99. The van der Waals surface area contributed by atoms with Crippen LogP contribution in [0.5, 0.6) is 0 Å². The summed E-state index contributed by atoms with van der Waals surface area (Å²) in [5.74, 6) is 0.342. The van der Waals surface area contributed by atoms with Crippen LogP contribution in [0.2, 0.25) is 0 Å². The quantitative estimate of drug-likeness (QED) is 0.545. The highest BCUT2D eigenvalue weighted by molar-refractivity contribution is 9.11. The monoisotopic (exact) mass is 280 g/mol. The van der Waals surface area contributed by atoms with Crippen LogP contribution in [0.4, 0.5) is 0 Å². The zero-order valence-electron chi connectivity index (χ0n) is 5.86. The Balaban J connectivity index is 3.04. The molecule has 4 heteroatoms. The van der Waals surface area contributed by atoms with Crippen LogP contribution in [0, 0.1) is 0 Å². The number of allylic oxidation sites excluding steroid dienone is 1. The van der Waals surface area contributed by atoms with Crippen LogP contribution < -0.4 is 0 Å². The summed E-state index contributed by atoms with van der Waals surface area (Å²) >= 11 is 6.32. The molecule has 0 aromatic rings. The Labute approximate surface area is 81.6 Å². The lowest BCUT2D eigenvalue weighted by Gasteiger charge is -1.93. The van der Waals surface area contributed by atoms with Crippen molar-refractivity contribution in [3.63, 3.8) is 0 Å². The van der Waals surface area contributed by atoms with Crippen LogP contribution in [0.15, 0.2) is 21.9 Å². The average Bonchev–Trinajstić information content (AvgIpc) is 2.26. The second-order valence-corrected chi connectivity index (χ2v) is 3.12. The number of esters is 1. The SMILES string of the molecule is CC1=C(CBr)C(=O)O/C1=C\Br. The summed E-state index contributed by atoms with van der Waals surface area (Å²) in [7, 11) is 0. The third kappa shape index (κ3) is 1.56. The summed E-state index contributed by atoms with van der Waals surface area (Å²) in [6, 6.07) is 0. The first kappa shape index (κ1) is 9.00. The van der Waals surface area contributed by atoms with E-state index in [1.807, 2.05) is 6.92 Å². The maximum absolute atomic E-state index is 11.0. The van der Waals surface area contributed by atoms with Crippen LogP contribution in [0.3, 0.4) is 0 Å². The third-order valence-electron chi connectivity index (χ3n) is 1.50. The molecule has 0 aliphatic carbocycles. The van der Waals surface area contributed by atoms with Gasteiger partial charge in [0.25, 0.3) is 0 Å². The van der Waals surface area contributed by atoms with E-state index in [1.165, 1.54) is 0 Å². The first-order valence-electron chi connectivity index (χ1n) is 2.99. The molecule has 2 nitrogen and oxygen atoms in total. The molecule has 0 spiro atoms. The van der Waals surface area contributed by atoms with Crippen molar-refractivity contribution in [3.05, 3.63) is 21.9 Å². The van der Waals surface area contributed by atoms with Crippen molar-refractivity contribution in [1.82, 2.24) is 0 Å². The number of hydrogen-bond acceptors (Lipinski definition) is 2. The molecule has 0 fully saturated rings. The van der Waals surface area contributed by atoms with Crippen molar-refractivity contribution in [2.45, 2.75) is 6.92 Å². The summed E-state index contributed by atoms with van der Waals surface area (Å²) in [6.07, 6.45) is 0. The van der Waals surface area contributed by atoms with E-state index in [0.29, 0.717) is 16.7 Å². The Bertz CT molecular complexity index is 253. The predicted molar refractivity (Wildman–Crippen MR) is 49.6 cm³/mol. The molecule has 1 aliphatic rings. The summed E-state index contributed by atoms with van der Waals surface area (Å²) in [4.78, 5) is 12.6. The molecule has 1 heterocycles. The van der Waals surface area contributed by atoms with Crippen LogP contribution in [0.1, 0.15) is 6.92 Å². The molecule has 0 saturated carbocycles. The number of rotatable bonds is 1. The topological polar surface area (TPSA) is 26.3 Å². The molecule has 0 unspecified atom stereocenters. The van der Waals surface area contributed by atoms with Gasteiger partial charge < -0.3 is 4.74 Å². The van der Waals surface area contributed by atoms with Crippen molar-refractivity contribution < 1.29 is 9.53 Å². The first-order valence-corrected chi connectivity index (χ1v) is 5.03. The highest BCUT2D eigenvalue weighted by atomic mass is 79.9. The van der Waals surface area contributed by atoms with Gasteiger partial charge in [0.2, 0.25) is 0 Å². The molecule has 0 aromatic heterocycles. The molecule has 0 aromatic carbocycles. The number of ether oxygens (including phenoxy) is 1. The Morgan fingerprint density at radius 3 is 2.55 bits per heavy atom. The van der Waals surface area contributed by atoms with E-state index in [-0.39, 0.29) is 5.97 Å². The fourth-order valence-corrected chi connectivity index (χ4v) is 1.89. The normalized spacial score (nSPS) is 21.4. The molecule has 0 N–H and O–H groups in total. The van der Waals surface area contributed by atoms with Crippen molar-refractivity contribution in [3.8, 4) is 0 Å². The molecule has 1 rings (SSSR count). The summed E-state index contributed by atoms with van der Waals surface area (Å²) in [5.41, 5.74) is 1.58. The molecule has 0 atom stereocenters. The zero-order chi connectivity index (χ0) is 8.43. The number of alkyl halides is 1. The van der Waals surface area contributed by atoms with Crippen molar-refractivity contribution in [1.29, 1.82) is 0 Å². The van der Waals surface area contributed by atoms with Gasteiger partial charge in [-0.15, -0.1) is 0 Å². The molecule has 0 saturated heterocycles. The van der Waals surface area contributed by atoms with E-state index in [2.05, 4.69) is 31.9 Å². The Hall–Kier alpha value is -0.0900. The molecule has 11 heavy (non-hydrogen) atoms. The number of carbonyl (C=O) groups excluding carboxylic acids is 1. The lowest BCUT2D eigenvalue weighted by molar-refractivity contribution is -0.133. The molecule has 0 amide bonds. The standard InChI is InChI=1S/C7H6Br2O2/c1-4-5(2-8)7(10)11-6(4)3-9/h3H,2H2,1H3/b6-3-. The molecular formula is C7H6Br2O2. The lowest BCUT2D eigenvalue weighted by atomic mass is 10.2. The fourth-order valence-electron chi connectivity index (χ4n) is 0.799. The van der Waals surface area contributed by atoms with Crippen LogP contribution in [0.25, 0.3) is 0 Å². The van der Waals surface area contributed by atoms with Gasteiger partial charge in [0.15, 0.2) is 0 Å². The molecular weight excluding hydrogens is 276 g/mol. The maximum atomic E-state index is 11.0. The molecule has 0 radical (unpaired) electrons. The first-order chi connectivity index (χ1) is 5.20. The van der Waals surface area contributed by atoms with Crippen LogP contribution >= 0.6 is 31.9 Å². The zero-order valence-corrected chi connectivity index (χ0v) is 9.03. The average molecular weight is 282 g/mol. The Morgan fingerprint density at radius 1 is 1.64 bits per heavy atom. The van der Waals surface area contributed by atoms with E-state index in [9.17, 15) is 4.79 Å². The number of halogens is 2. The second-order valence-electron chi connectivity index (χ2n) is 2.10. The van der Waals surface area contributed by atoms with Crippen LogP contribution in [-0.4, -0.2) is 11.3 Å². The largest absolute Gasteiger partial charge is 0.422 e. The number of carbonyl (C=O) groups is 1. The highest BCUT2D eigenvalue weighted by Gasteiger charge is 2.25. The van der Waals surface area contributed by atoms with E-state index in [4.69, 9.17) is 4.74 Å². The van der Waals surface area contributed by atoms with Gasteiger partial charge in [-0.1, -0.05) is 31.9 Å². The van der Waals surface area contributed by atoms with E-state index >= 15 is 0 Å². The van der Waals surface area contributed by atoms with Gasteiger partial charge in [-0.05, 0) is 6.92 Å². The minimum Gasteiger partial charge on any atom is -0.422 e. The number of cyclic esters (lactones) is 1. The predicted octanol–water partition coefficient (Wildman–Crippen LogP) is 2.49. The van der Waals surface area contributed by atoms with Crippen molar-refractivity contribution in [2.24, 2.45) is 0 Å². The maximum Gasteiger partial charge on any atom is 0.340 e. The van der Waals surface area contributed by atoms with Gasteiger partial charge in [-0.3, -0.25) is 0 Å². The van der Waals surface area contributed by atoms with Gasteiger partial charge in [0, 0.05) is 15.9 Å². The van der Waals surface area contributed by atoms with E-state index < -0.39 is 0 Å². The van der Waals surface area contributed by atoms with Gasteiger partial charge in [0.05, 0.1) is 5.57 Å². The third-order valence-corrected chi connectivity index (χ3v) is 2.48. The number of hydrogen-bond donors (Lipinski definition) is 0. The Morgan fingerprint density at radius 2 is 2.27 bits per heavy atom. The van der Waals surface area contributed by atoms with E-state index in [1.54, 1.807) is 4.99 Å². The fraction of sp³-hybridized carbons (Fsp3) is 0.286. The minimum atomic E-state index is -0.259. The van der Waals surface area contributed by atoms with Crippen LogP contribution in [-0.2, 0) is 9.53 Å². The van der Waals surface area contributed by atoms with E-state index in [0.717, 1.165) is 5.57 Å². The highest BCUT2D eigenvalue weighted by Crippen LogP contribution is 2.27. The molecule has 60 valence electrons. The summed E-state index contributed by atoms with van der Waals surface area (Å²) in [5, 5.41) is 0.544. The van der Waals surface area contributed by atoms with Gasteiger partial charge in [-0.25, -0.2) is 4.79 Å². The summed E-state index contributed by atoms with van der Waals surface area (Å²) < 4.78 is 4.90. The van der Waals surface area contributed by atoms with Crippen molar-refractivity contribution in [2.75, 3.05) is 5.33 Å². The van der Waals surface area contributed by atoms with Gasteiger partial charge in [0.1, 0.15) is 5.76 Å². The Kier molecular flexibility index (Phi) is 2.90. The molecule has 1 aliphatic heterocycles. The smallest absolute Gasteiger partial charge is 0.340 e. The van der Waals surface area contributed by atoms with Crippen molar-refractivity contribution >= 4 is 37.8 Å². The minimum absolute atomic E-state index is 0.259.